The molecule has 0 saturated carbocycles. The second-order valence-corrected chi connectivity index (χ2v) is 6.41. The molecule has 1 saturated heterocycles. The molecule has 5 nitrogen and oxygen atoms in total. The second kappa shape index (κ2) is 4.85. The summed E-state index contributed by atoms with van der Waals surface area (Å²) in [5, 5.41) is 2.91. The maximum atomic E-state index is 11.9. The van der Waals surface area contributed by atoms with Crippen LogP contribution in [0.4, 0.5) is 11.4 Å². The Labute approximate surface area is 114 Å². The largest absolute Gasteiger partial charge is 0.497 e. The van der Waals surface area contributed by atoms with Gasteiger partial charge in [0.25, 0.3) is 0 Å². The highest BCUT2D eigenvalue weighted by Crippen LogP contribution is 2.35. The molecule has 3 rings (SSSR count). The van der Waals surface area contributed by atoms with Crippen molar-refractivity contribution in [3.63, 3.8) is 0 Å². The van der Waals surface area contributed by atoms with Gasteiger partial charge in [0.05, 0.1) is 18.5 Å². The van der Waals surface area contributed by atoms with Crippen LogP contribution in [-0.4, -0.2) is 41.3 Å². The Kier molecular flexibility index (Phi) is 3.18. The van der Waals surface area contributed by atoms with Crippen LogP contribution in [0, 0.1) is 0 Å². The molecule has 6 heteroatoms. The first-order valence-corrected chi connectivity index (χ1v) is 7.75. The van der Waals surface area contributed by atoms with E-state index in [2.05, 4.69) is 10.2 Å². The highest BCUT2D eigenvalue weighted by atomic mass is 32.2. The maximum Gasteiger partial charge on any atom is 0.226 e. The summed E-state index contributed by atoms with van der Waals surface area (Å²) >= 11 is 0. The van der Waals surface area contributed by atoms with Crippen molar-refractivity contribution in [1.29, 1.82) is 0 Å². The van der Waals surface area contributed by atoms with Gasteiger partial charge < -0.3 is 15.0 Å². The number of methoxy groups -OCH3 is 1. The molecule has 1 amide bonds. The minimum Gasteiger partial charge on any atom is -0.497 e. The lowest BCUT2D eigenvalue weighted by atomic mass is 10.1. The van der Waals surface area contributed by atoms with Crippen molar-refractivity contribution in [2.45, 2.75) is 12.5 Å². The Bertz CT molecular complexity index is 547. The molecule has 0 bridgehead atoms. The molecular weight excluding hydrogens is 264 g/mol. The van der Waals surface area contributed by atoms with Gasteiger partial charge in [0.15, 0.2) is 0 Å². The number of hydrogen-bond donors (Lipinski definition) is 1. The lowest BCUT2D eigenvalue weighted by Crippen LogP contribution is -2.47. The van der Waals surface area contributed by atoms with Crippen LogP contribution < -0.4 is 15.0 Å². The third kappa shape index (κ3) is 2.32. The van der Waals surface area contributed by atoms with Crippen LogP contribution in [0.2, 0.25) is 0 Å². The van der Waals surface area contributed by atoms with E-state index in [1.807, 2.05) is 18.2 Å². The van der Waals surface area contributed by atoms with Gasteiger partial charge in [0.1, 0.15) is 5.75 Å². The fraction of sp³-hybridized carbons (Fsp3) is 0.462. The lowest BCUT2D eigenvalue weighted by Gasteiger charge is -2.35. The fourth-order valence-electron chi connectivity index (χ4n) is 2.66. The summed E-state index contributed by atoms with van der Waals surface area (Å²) in [7, 11) is 0.794. The molecule has 102 valence electrons. The fourth-order valence-corrected chi connectivity index (χ4v) is 3.96. The van der Waals surface area contributed by atoms with Crippen LogP contribution in [-0.2, 0) is 15.6 Å². The second-order valence-electron chi connectivity index (χ2n) is 4.79. The summed E-state index contributed by atoms with van der Waals surface area (Å²) < 4.78 is 16.9. The summed E-state index contributed by atoms with van der Waals surface area (Å²) in [5.41, 5.74) is 1.77. The van der Waals surface area contributed by atoms with Crippen molar-refractivity contribution in [2.75, 3.05) is 35.4 Å². The van der Waals surface area contributed by atoms with E-state index in [1.54, 1.807) is 7.11 Å². The average molecular weight is 280 g/mol. The number of amides is 1. The summed E-state index contributed by atoms with van der Waals surface area (Å²) in [6, 6.07) is 5.71. The Morgan fingerprint density at radius 2 is 2.32 bits per heavy atom. The highest BCUT2D eigenvalue weighted by Gasteiger charge is 2.32. The van der Waals surface area contributed by atoms with E-state index < -0.39 is 10.8 Å². The van der Waals surface area contributed by atoms with Crippen LogP contribution in [0.5, 0.6) is 5.75 Å². The Hall–Kier alpha value is -1.56. The van der Waals surface area contributed by atoms with Crippen LogP contribution in [0.3, 0.4) is 0 Å². The van der Waals surface area contributed by atoms with Gasteiger partial charge in [-0.15, -0.1) is 0 Å². The number of benzene rings is 1. The number of rotatable bonds is 1. The van der Waals surface area contributed by atoms with E-state index >= 15 is 0 Å². The van der Waals surface area contributed by atoms with E-state index in [0.717, 1.165) is 23.7 Å². The Morgan fingerprint density at radius 3 is 3.11 bits per heavy atom. The number of carbonyl (C=O) groups excluding carboxylic acids is 1. The third-order valence-corrected chi connectivity index (χ3v) is 4.98. The number of fused-ring (bicyclic) bond motifs is 3. The normalized spacial score (nSPS) is 25.9. The molecule has 1 N–H and O–H groups in total. The van der Waals surface area contributed by atoms with Gasteiger partial charge in [-0.1, -0.05) is 0 Å². The van der Waals surface area contributed by atoms with Crippen molar-refractivity contribution in [1.82, 2.24) is 0 Å². The van der Waals surface area contributed by atoms with Crippen molar-refractivity contribution in [2.24, 2.45) is 0 Å². The van der Waals surface area contributed by atoms with Crippen molar-refractivity contribution in [3.05, 3.63) is 18.2 Å². The topological polar surface area (TPSA) is 58.6 Å². The molecule has 0 radical (unpaired) electrons. The quantitative estimate of drug-likeness (QED) is 0.833. The van der Waals surface area contributed by atoms with Gasteiger partial charge in [0, 0.05) is 47.4 Å². The molecule has 2 unspecified atom stereocenters. The van der Waals surface area contributed by atoms with E-state index in [1.165, 1.54) is 0 Å². The van der Waals surface area contributed by atoms with Gasteiger partial charge in [-0.3, -0.25) is 9.00 Å². The predicted octanol–water partition coefficient (Wildman–Crippen LogP) is 0.975. The molecule has 2 aliphatic heterocycles. The summed E-state index contributed by atoms with van der Waals surface area (Å²) in [6.45, 7) is 0.728. The Morgan fingerprint density at radius 1 is 1.47 bits per heavy atom. The molecule has 2 atom stereocenters. The zero-order valence-corrected chi connectivity index (χ0v) is 11.5. The molecule has 0 aromatic heterocycles. The summed E-state index contributed by atoms with van der Waals surface area (Å²) in [4.78, 5) is 14.1. The van der Waals surface area contributed by atoms with Gasteiger partial charge in [-0.2, -0.15) is 0 Å². The molecule has 0 aliphatic carbocycles. The maximum absolute atomic E-state index is 11.9. The van der Waals surface area contributed by atoms with E-state index in [9.17, 15) is 9.00 Å². The Balaban J connectivity index is 2.02. The SMILES string of the molecule is COc1ccc2c(c1)NC(=O)CC1CS(=O)CCN21. The molecule has 19 heavy (non-hydrogen) atoms. The molecule has 1 aromatic carbocycles. The summed E-state index contributed by atoms with van der Waals surface area (Å²) in [5.74, 6) is 1.92. The first-order valence-electron chi connectivity index (χ1n) is 6.27. The standard InChI is InChI=1S/C13H16N2O3S/c1-18-10-2-3-12-11(7-10)14-13(16)6-9-8-19(17)5-4-15(9)12/h2-3,7,9H,4-6,8H2,1H3,(H,14,16). The lowest BCUT2D eigenvalue weighted by molar-refractivity contribution is -0.116. The number of ether oxygens (including phenoxy) is 1. The van der Waals surface area contributed by atoms with Crippen LogP contribution >= 0.6 is 0 Å². The van der Waals surface area contributed by atoms with Crippen LogP contribution in [0.1, 0.15) is 6.42 Å². The van der Waals surface area contributed by atoms with Crippen molar-refractivity contribution < 1.29 is 13.7 Å². The van der Waals surface area contributed by atoms with Gasteiger partial charge in [-0.25, -0.2) is 0 Å². The first kappa shape index (κ1) is 12.5. The smallest absolute Gasteiger partial charge is 0.226 e. The number of nitrogens with zero attached hydrogens (tertiary/aromatic N) is 1. The van der Waals surface area contributed by atoms with E-state index in [4.69, 9.17) is 4.74 Å². The minimum atomic E-state index is -0.810. The third-order valence-electron chi connectivity index (χ3n) is 3.59. The van der Waals surface area contributed by atoms with E-state index in [0.29, 0.717) is 17.9 Å². The van der Waals surface area contributed by atoms with Crippen LogP contribution in [0.25, 0.3) is 0 Å². The number of anilines is 2. The van der Waals surface area contributed by atoms with E-state index in [-0.39, 0.29) is 11.9 Å². The first-order chi connectivity index (χ1) is 9.17. The van der Waals surface area contributed by atoms with Crippen molar-refractivity contribution in [3.8, 4) is 5.75 Å². The monoisotopic (exact) mass is 280 g/mol. The highest BCUT2D eigenvalue weighted by molar-refractivity contribution is 7.85. The zero-order valence-electron chi connectivity index (χ0n) is 10.7. The predicted molar refractivity (Wildman–Crippen MR) is 75.3 cm³/mol. The van der Waals surface area contributed by atoms with Gasteiger partial charge in [-0.05, 0) is 12.1 Å². The van der Waals surface area contributed by atoms with Gasteiger partial charge in [0.2, 0.25) is 5.91 Å². The minimum absolute atomic E-state index is 0.0269. The molecular formula is C13H16N2O3S. The van der Waals surface area contributed by atoms with Crippen LogP contribution in [0.15, 0.2) is 18.2 Å². The summed E-state index contributed by atoms with van der Waals surface area (Å²) in [6.07, 6.45) is 0.392. The number of nitrogens with one attached hydrogen (secondary N) is 1. The molecule has 0 spiro atoms. The zero-order chi connectivity index (χ0) is 13.4. The molecule has 2 heterocycles. The molecule has 2 aliphatic rings. The van der Waals surface area contributed by atoms with Crippen molar-refractivity contribution >= 4 is 28.1 Å². The van der Waals surface area contributed by atoms with Gasteiger partial charge >= 0.3 is 0 Å². The molecule has 1 aromatic rings. The number of hydrogen-bond acceptors (Lipinski definition) is 4. The molecule has 1 fully saturated rings. The number of carbonyl (C=O) groups is 1. The average Bonchev–Trinajstić information content (AvgIpc) is 2.52.